The first-order valence-electron chi connectivity index (χ1n) is 4.23. The lowest BCUT2D eigenvalue weighted by Gasteiger charge is -2.09. The Labute approximate surface area is 76.9 Å². The van der Waals surface area contributed by atoms with Gasteiger partial charge in [-0.1, -0.05) is 0 Å². The van der Waals surface area contributed by atoms with Crippen LogP contribution < -0.4 is 0 Å². The van der Waals surface area contributed by atoms with Crippen LogP contribution in [0.5, 0.6) is 0 Å². The Balaban J connectivity index is 2.22. The number of carboxylic acid groups (broad SMARTS) is 1. The SMILES string of the molecule is O=C(O)c1n[nH]c2c1C1C[C@H]1C2(F)F. The average Bonchev–Trinajstić information content (AvgIpc) is 2.70. The molecule has 74 valence electrons. The topological polar surface area (TPSA) is 66.0 Å². The number of nitrogens with one attached hydrogen (secondary N) is 1. The molecule has 1 heterocycles. The number of fused-ring (bicyclic) bond motifs is 3. The summed E-state index contributed by atoms with van der Waals surface area (Å²) >= 11 is 0. The Kier molecular flexibility index (Phi) is 1.11. The van der Waals surface area contributed by atoms with E-state index >= 15 is 0 Å². The zero-order chi connectivity index (χ0) is 10.1. The third-order valence-corrected chi connectivity index (χ3v) is 2.97. The minimum Gasteiger partial charge on any atom is -0.476 e. The summed E-state index contributed by atoms with van der Waals surface area (Å²) in [6.45, 7) is 0. The third kappa shape index (κ3) is 0.681. The number of alkyl halides is 2. The number of hydrogen-bond donors (Lipinski definition) is 2. The maximum atomic E-state index is 13.4. The van der Waals surface area contributed by atoms with Crippen LogP contribution >= 0.6 is 0 Å². The van der Waals surface area contributed by atoms with Crippen molar-refractivity contribution in [3.05, 3.63) is 17.0 Å². The molecule has 0 saturated heterocycles. The summed E-state index contributed by atoms with van der Waals surface area (Å²) in [5, 5.41) is 14.3. The third-order valence-electron chi connectivity index (χ3n) is 2.97. The van der Waals surface area contributed by atoms with E-state index in [1.807, 2.05) is 0 Å². The molecule has 3 rings (SSSR count). The number of rotatable bonds is 1. The van der Waals surface area contributed by atoms with E-state index in [1.165, 1.54) is 0 Å². The van der Waals surface area contributed by atoms with Crippen molar-refractivity contribution in [3.63, 3.8) is 0 Å². The van der Waals surface area contributed by atoms with Gasteiger partial charge in [0.2, 0.25) is 0 Å². The Hall–Kier alpha value is -1.46. The van der Waals surface area contributed by atoms with Crippen LogP contribution in [0.3, 0.4) is 0 Å². The molecule has 6 heteroatoms. The van der Waals surface area contributed by atoms with Crippen molar-refractivity contribution < 1.29 is 18.7 Å². The predicted molar refractivity (Wildman–Crippen MR) is 40.3 cm³/mol. The molecule has 0 bridgehead atoms. The fourth-order valence-corrected chi connectivity index (χ4v) is 2.23. The Morgan fingerprint density at radius 2 is 2.36 bits per heavy atom. The lowest BCUT2D eigenvalue weighted by molar-refractivity contribution is -0.0268. The van der Waals surface area contributed by atoms with E-state index in [4.69, 9.17) is 5.11 Å². The van der Waals surface area contributed by atoms with Crippen LogP contribution in [0.1, 0.15) is 34.1 Å². The van der Waals surface area contributed by atoms with Gasteiger partial charge in [-0.3, -0.25) is 5.10 Å². The van der Waals surface area contributed by atoms with Crippen molar-refractivity contribution in [1.29, 1.82) is 0 Å². The monoisotopic (exact) mass is 200 g/mol. The zero-order valence-corrected chi connectivity index (χ0v) is 6.92. The normalized spacial score (nSPS) is 31.0. The molecule has 14 heavy (non-hydrogen) atoms. The number of H-pyrrole nitrogens is 1. The first-order chi connectivity index (χ1) is 6.53. The molecule has 2 atom stereocenters. The molecule has 2 aliphatic carbocycles. The molecule has 0 radical (unpaired) electrons. The number of aromatic amines is 1. The van der Waals surface area contributed by atoms with Gasteiger partial charge in [0, 0.05) is 11.5 Å². The quantitative estimate of drug-likeness (QED) is 0.718. The average molecular weight is 200 g/mol. The van der Waals surface area contributed by atoms with Crippen LogP contribution in [0.4, 0.5) is 8.78 Å². The van der Waals surface area contributed by atoms with Gasteiger partial charge < -0.3 is 5.11 Å². The van der Waals surface area contributed by atoms with E-state index in [-0.39, 0.29) is 22.9 Å². The van der Waals surface area contributed by atoms with Crippen LogP contribution in [0.15, 0.2) is 0 Å². The standard InChI is InChI=1S/C8H6F2N2O2/c9-8(10)3-1-2(3)4-5(7(13)14)11-12-6(4)8/h2-3H,1H2,(H,11,12)(H,13,14)/t2?,3-/m1/s1. The molecule has 0 amide bonds. The molecule has 1 aromatic rings. The molecular formula is C8H6F2N2O2. The lowest BCUT2D eigenvalue weighted by Crippen LogP contribution is -2.14. The van der Waals surface area contributed by atoms with E-state index in [0.29, 0.717) is 6.42 Å². The number of aromatic nitrogens is 2. The van der Waals surface area contributed by atoms with E-state index in [0.717, 1.165) is 0 Å². The smallest absolute Gasteiger partial charge is 0.356 e. The van der Waals surface area contributed by atoms with Gasteiger partial charge >= 0.3 is 5.97 Å². The molecule has 1 fully saturated rings. The lowest BCUT2D eigenvalue weighted by atomic mass is 10.1. The highest BCUT2D eigenvalue weighted by atomic mass is 19.3. The first-order valence-corrected chi connectivity index (χ1v) is 4.23. The molecule has 0 spiro atoms. The molecule has 0 aromatic carbocycles. The van der Waals surface area contributed by atoms with E-state index in [1.54, 1.807) is 0 Å². The molecule has 1 saturated carbocycles. The van der Waals surface area contributed by atoms with Gasteiger partial charge in [-0.2, -0.15) is 13.9 Å². The van der Waals surface area contributed by atoms with Gasteiger partial charge in [-0.25, -0.2) is 4.79 Å². The van der Waals surface area contributed by atoms with E-state index in [2.05, 4.69) is 10.2 Å². The van der Waals surface area contributed by atoms with Crippen LogP contribution in [0, 0.1) is 5.92 Å². The second kappa shape index (κ2) is 1.97. The van der Waals surface area contributed by atoms with Crippen LogP contribution in [0.2, 0.25) is 0 Å². The zero-order valence-electron chi connectivity index (χ0n) is 6.92. The minimum atomic E-state index is -2.92. The summed E-state index contributed by atoms with van der Waals surface area (Å²) in [5.74, 6) is -5.17. The van der Waals surface area contributed by atoms with Crippen LogP contribution in [-0.4, -0.2) is 21.3 Å². The summed E-state index contributed by atoms with van der Waals surface area (Å²) in [4.78, 5) is 10.7. The maximum Gasteiger partial charge on any atom is 0.356 e. The molecule has 1 unspecified atom stereocenters. The highest BCUT2D eigenvalue weighted by molar-refractivity contribution is 5.88. The molecule has 4 nitrogen and oxygen atoms in total. The van der Waals surface area contributed by atoms with Gasteiger partial charge in [-0.05, 0) is 12.3 Å². The van der Waals surface area contributed by atoms with Crippen molar-refractivity contribution >= 4 is 5.97 Å². The van der Waals surface area contributed by atoms with Crippen molar-refractivity contribution in [2.75, 3.05) is 0 Å². The summed E-state index contributed by atoms with van der Waals surface area (Å²) < 4.78 is 26.8. The van der Waals surface area contributed by atoms with Gasteiger partial charge in [0.05, 0.1) is 0 Å². The van der Waals surface area contributed by atoms with Gasteiger partial charge in [-0.15, -0.1) is 0 Å². The minimum absolute atomic E-state index is 0.215. The van der Waals surface area contributed by atoms with Gasteiger partial charge in [0.25, 0.3) is 5.92 Å². The van der Waals surface area contributed by atoms with Gasteiger partial charge in [0.15, 0.2) is 5.69 Å². The Morgan fingerprint density at radius 1 is 1.64 bits per heavy atom. The molecule has 2 N–H and O–H groups in total. The summed E-state index contributed by atoms with van der Waals surface area (Å²) in [6.07, 6.45) is 0.375. The number of carbonyl (C=O) groups is 1. The summed E-state index contributed by atoms with van der Waals surface area (Å²) in [5.41, 5.74) is -0.326. The first kappa shape index (κ1) is 7.90. The number of hydrogen-bond acceptors (Lipinski definition) is 2. The molecule has 0 aliphatic heterocycles. The van der Waals surface area contributed by atoms with E-state index < -0.39 is 17.8 Å². The number of nitrogens with zero attached hydrogens (tertiary/aromatic N) is 1. The predicted octanol–water partition coefficient (Wildman–Crippen LogP) is 1.32. The van der Waals surface area contributed by atoms with Crippen LogP contribution in [-0.2, 0) is 5.92 Å². The van der Waals surface area contributed by atoms with Crippen molar-refractivity contribution in [1.82, 2.24) is 10.2 Å². The van der Waals surface area contributed by atoms with Crippen molar-refractivity contribution in [3.8, 4) is 0 Å². The molecular weight excluding hydrogens is 194 g/mol. The van der Waals surface area contributed by atoms with Crippen molar-refractivity contribution in [2.24, 2.45) is 5.92 Å². The fourth-order valence-electron chi connectivity index (χ4n) is 2.23. The summed E-state index contributed by atoms with van der Waals surface area (Å²) in [6, 6.07) is 0. The van der Waals surface area contributed by atoms with Crippen molar-refractivity contribution in [2.45, 2.75) is 18.3 Å². The van der Waals surface area contributed by atoms with Crippen LogP contribution in [0.25, 0.3) is 0 Å². The van der Waals surface area contributed by atoms with Gasteiger partial charge in [0.1, 0.15) is 5.69 Å². The number of aromatic carboxylic acids is 1. The Morgan fingerprint density at radius 3 is 3.00 bits per heavy atom. The Bertz CT molecular complexity index is 441. The summed E-state index contributed by atoms with van der Waals surface area (Å²) in [7, 11) is 0. The molecule has 1 aromatic heterocycles. The fraction of sp³-hybridized carbons (Fsp3) is 0.500. The second-order valence-electron chi connectivity index (χ2n) is 3.74. The largest absolute Gasteiger partial charge is 0.476 e. The maximum absolute atomic E-state index is 13.4. The van der Waals surface area contributed by atoms with E-state index in [9.17, 15) is 13.6 Å². The highest BCUT2D eigenvalue weighted by Gasteiger charge is 2.66. The molecule has 2 aliphatic rings. The number of carboxylic acids is 1. The highest BCUT2D eigenvalue weighted by Crippen LogP contribution is 2.66. The second-order valence-corrected chi connectivity index (χ2v) is 3.74. The number of halogens is 2.